The Morgan fingerprint density at radius 1 is 0.971 bits per heavy atom. The molecule has 4 nitrogen and oxygen atoms in total. The van der Waals surface area contributed by atoms with Crippen molar-refractivity contribution in [3.8, 4) is 0 Å². The van der Waals surface area contributed by atoms with Crippen LogP contribution in [0.1, 0.15) is 47.1 Å². The molecule has 8 heteroatoms. The third-order valence-electron chi connectivity index (χ3n) is 6.33. The fraction of sp³-hybridized carbons (Fsp3) is 0.333. The molecule has 4 rings (SSSR count). The van der Waals surface area contributed by atoms with Gasteiger partial charge in [-0.15, -0.1) is 0 Å². The highest BCUT2D eigenvalue weighted by molar-refractivity contribution is 5.36. The van der Waals surface area contributed by atoms with Crippen molar-refractivity contribution in [1.82, 2.24) is 10.3 Å². The van der Waals surface area contributed by atoms with Crippen LogP contribution in [0.25, 0.3) is 0 Å². The molecule has 3 N–H and O–H groups in total. The predicted molar refractivity (Wildman–Crippen MR) is 126 cm³/mol. The van der Waals surface area contributed by atoms with Gasteiger partial charge in [-0.2, -0.15) is 0 Å². The molecule has 4 atom stereocenters. The molecule has 2 aromatic carbocycles. The molecule has 1 aliphatic rings. The summed E-state index contributed by atoms with van der Waals surface area (Å²) in [6.07, 6.45) is 3.55. The summed E-state index contributed by atoms with van der Waals surface area (Å²) in [5, 5.41) is 3.24. The van der Waals surface area contributed by atoms with Crippen LogP contribution in [0, 0.1) is 30.2 Å². The largest absolute Gasteiger partial charge is 0.372 e. The highest BCUT2D eigenvalue weighted by Gasteiger charge is 2.25. The molecular weight excluding hydrogens is 458 g/mol. The van der Waals surface area contributed by atoms with E-state index in [1.54, 1.807) is 12.1 Å². The van der Waals surface area contributed by atoms with E-state index in [0.717, 1.165) is 12.3 Å². The van der Waals surface area contributed by atoms with E-state index in [9.17, 15) is 17.6 Å². The van der Waals surface area contributed by atoms with Gasteiger partial charge in [-0.25, -0.2) is 17.6 Å². The lowest BCUT2D eigenvalue weighted by Gasteiger charge is -2.29. The number of rotatable bonds is 8. The predicted octanol–water partition coefficient (Wildman–Crippen LogP) is 4.98. The Bertz CT molecular complexity index is 1120. The quantitative estimate of drug-likeness (QED) is 0.441. The van der Waals surface area contributed by atoms with Crippen molar-refractivity contribution in [1.29, 1.82) is 0 Å². The van der Waals surface area contributed by atoms with Gasteiger partial charge in [0.2, 0.25) is 0 Å². The number of halogens is 4. The molecule has 1 unspecified atom stereocenters. The molecule has 0 amide bonds. The lowest BCUT2D eigenvalue weighted by molar-refractivity contribution is -0.0177. The first kappa shape index (κ1) is 25.3. The molecule has 0 saturated carbocycles. The average Bonchev–Trinajstić information content (AvgIpc) is 2.81. The maximum absolute atomic E-state index is 14.8. The van der Waals surface area contributed by atoms with Crippen molar-refractivity contribution in [3.63, 3.8) is 0 Å². The van der Waals surface area contributed by atoms with Gasteiger partial charge in [0, 0.05) is 37.3 Å². The van der Waals surface area contributed by atoms with Gasteiger partial charge in [-0.1, -0.05) is 12.1 Å². The molecule has 1 radical (unpaired) electrons. The van der Waals surface area contributed by atoms with Crippen molar-refractivity contribution in [2.75, 3.05) is 13.1 Å². The number of pyridine rings is 1. The SMILES string of the molecule is [CH2][C@H]1CNC[C@@H](CCc2c(F)cncc2C(N)C[C@@H](c2ccc(F)cc2)c2cc(F)cc(F)c2)O1. The summed E-state index contributed by atoms with van der Waals surface area (Å²) >= 11 is 0. The first-order chi connectivity index (χ1) is 16.8. The molecule has 0 spiro atoms. The molecule has 2 heterocycles. The van der Waals surface area contributed by atoms with Crippen molar-refractivity contribution in [3.05, 3.63) is 107 Å². The number of morpholine rings is 1. The Hall–Kier alpha value is -2.81. The molecule has 35 heavy (non-hydrogen) atoms. The van der Waals surface area contributed by atoms with E-state index in [1.807, 2.05) is 0 Å². The third kappa shape index (κ3) is 6.45. The van der Waals surface area contributed by atoms with E-state index < -0.39 is 35.2 Å². The average molecular weight is 487 g/mol. The van der Waals surface area contributed by atoms with Crippen molar-refractivity contribution in [2.24, 2.45) is 5.73 Å². The smallest absolute Gasteiger partial charge is 0.144 e. The van der Waals surface area contributed by atoms with Crippen LogP contribution in [-0.2, 0) is 11.2 Å². The van der Waals surface area contributed by atoms with E-state index in [2.05, 4.69) is 17.2 Å². The fourth-order valence-corrected chi connectivity index (χ4v) is 4.63. The molecule has 0 bridgehead atoms. The lowest BCUT2D eigenvalue weighted by Crippen LogP contribution is -2.43. The van der Waals surface area contributed by atoms with Gasteiger partial charge in [0.25, 0.3) is 0 Å². The summed E-state index contributed by atoms with van der Waals surface area (Å²) in [4.78, 5) is 3.99. The summed E-state index contributed by atoms with van der Waals surface area (Å²) in [7, 11) is 0. The van der Waals surface area contributed by atoms with Crippen molar-refractivity contribution in [2.45, 2.75) is 43.4 Å². The second kappa shape index (κ2) is 11.3. The van der Waals surface area contributed by atoms with E-state index in [-0.39, 0.29) is 18.6 Å². The van der Waals surface area contributed by atoms with Crippen LogP contribution in [0.4, 0.5) is 17.6 Å². The normalized spacial score (nSPS) is 19.9. The van der Waals surface area contributed by atoms with Crippen LogP contribution in [0.2, 0.25) is 0 Å². The standard InChI is InChI=1S/C27H28F4N3O/c1-16-12-33-13-22(35-16)6-7-23-25(14-34-15-26(23)31)27(32)11-24(17-2-4-19(28)5-3-17)18-8-20(29)10-21(30)9-18/h2-5,8-10,14-16,22,24,27,33H,1,6-7,11-13,32H2/t16-,22+,24-,27?/m0/s1. The Morgan fingerprint density at radius 3 is 2.37 bits per heavy atom. The highest BCUT2D eigenvalue weighted by atomic mass is 19.1. The van der Waals surface area contributed by atoms with Crippen LogP contribution >= 0.6 is 0 Å². The summed E-state index contributed by atoms with van der Waals surface area (Å²) in [6.45, 7) is 5.23. The lowest BCUT2D eigenvalue weighted by atomic mass is 9.83. The van der Waals surface area contributed by atoms with Gasteiger partial charge < -0.3 is 15.8 Å². The Kier molecular flexibility index (Phi) is 8.15. The van der Waals surface area contributed by atoms with Crippen molar-refractivity contribution >= 4 is 0 Å². The number of nitrogens with two attached hydrogens (primary N) is 1. The molecule has 1 aromatic heterocycles. The summed E-state index contributed by atoms with van der Waals surface area (Å²) in [5.74, 6) is -2.90. The number of hydrogen-bond donors (Lipinski definition) is 2. The van der Waals surface area contributed by atoms with Gasteiger partial charge in [0.05, 0.1) is 18.4 Å². The number of ether oxygens (including phenoxy) is 1. The third-order valence-corrected chi connectivity index (χ3v) is 6.33. The summed E-state index contributed by atoms with van der Waals surface area (Å²) in [6, 6.07) is 8.25. The Balaban J connectivity index is 1.60. The molecule has 185 valence electrons. The Labute approximate surface area is 202 Å². The molecule has 1 saturated heterocycles. The number of aromatic nitrogens is 1. The minimum atomic E-state index is -0.724. The zero-order valence-corrected chi connectivity index (χ0v) is 19.2. The van der Waals surface area contributed by atoms with Crippen LogP contribution in [0.15, 0.2) is 54.9 Å². The van der Waals surface area contributed by atoms with Gasteiger partial charge in [-0.3, -0.25) is 4.98 Å². The number of nitrogens with one attached hydrogen (secondary N) is 1. The minimum Gasteiger partial charge on any atom is -0.372 e. The molecular formula is C27H28F4N3O. The van der Waals surface area contributed by atoms with Gasteiger partial charge in [0.1, 0.15) is 23.3 Å². The Morgan fingerprint density at radius 2 is 1.69 bits per heavy atom. The van der Waals surface area contributed by atoms with Gasteiger partial charge in [-0.05, 0) is 72.7 Å². The van der Waals surface area contributed by atoms with E-state index >= 15 is 0 Å². The first-order valence-electron chi connectivity index (χ1n) is 11.6. The zero-order valence-electron chi connectivity index (χ0n) is 19.2. The van der Waals surface area contributed by atoms with Gasteiger partial charge in [0.15, 0.2) is 0 Å². The van der Waals surface area contributed by atoms with Crippen molar-refractivity contribution < 1.29 is 22.3 Å². The highest BCUT2D eigenvalue weighted by Crippen LogP contribution is 2.35. The molecule has 0 aliphatic carbocycles. The van der Waals surface area contributed by atoms with Crippen LogP contribution < -0.4 is 11.1 Å². The number of benzene rings is 2. The topological polar surface area (TPSA) is 60.2 Å². The maximum atomic E-state index is 14.8. The van der Waals surface area contributed by atoms with Gasteiger partial charge >= 0.3 is 0 Å². The fourth-order valence-electron chi connectivity index (χ4n) is 4.63. The maximum Gasteiger partial charge on any atom is 0.144 e. The molecule has 3 aromatic rings. The van der Waals surface area contributed by atoms with Crippen LogP contribution in [0.5, 0.6) is 0 Å². The number of nitrogens with zero attached hydrogens (tertiary/aromatic N) is 1. The second-order valence-corrected chi connectivity index (χ2v) is 8.92. The molecule has 1 aliphatic heterocycles. The van der Waals surface area contributed by atoms with E-state index in [4.69, 9.17) is 10.5 Å². The van der Waals surface area contributed by atoms with Crippen LogP contribution in [-0.4, -0.2) is 30.3 Å². The van der Waals surface area contributed by atoms with Crippen LogP contribution in [0.3, 0.4) is 0 Å². The van der Waals surface area contributed by atoms with E-state index in [0.29, 0.717) is 48.2 Å². The minimum absolute atomic E-state index is 0.106. The van der Waals surface area contributed by atoms with E-state index in [1.165, 1.54) is 30.5 Å². The molecule has 1 fully saturated rings. The second-order valence-electron chi connectivity index (χ2n) is 8.92. The summed E-state index contributed by atoms with van der Waals surface area (Å²) < 4.78 is 62.3. The zero-order chi connectivity index (χ0) is 24.9. The monoisotopic (exact) mass is 486 g/mol. The number of hydrogen-bond acceptors (Lipinski definition) is 4. The first-order valence-corrected chi connectivity index (χ1v) is 11.6. The summed E-state index contributed by atoms with van der Waals surface area (Å²) in [5.41, 5.74) is 8.51.